The molecule has 90 valence electrons. The van der Waals surface area contributed by atoms with Crippen molar-refractivity contribution in [3.63, 3.8) is 0 Å². The summed E-state index contributed by atoms with van der Waals surface area (Å²) in [5.41, 5.74) is 3.22. The first kappa shape index (κ1) is 12.7. The summed E-state index contributed by atoms with van der Waals surface area (Å²) in [4.78, 5) is 0. The molecular formula is C9H8F5NO. The lowest BCUT2D eigenvalue weighted by atomic mass is 10.0. The standard InChI is InChI=1S/C9H8F5NO/c10-8(11)7(15)5-3-4(9(12,13)14)1-2-6(5)16/h1-3,7-8,16H,15H2/t7-/m1/s1. The number of phenols is 1. The molecule has 1 aromatic rings. The Bertz CT molecular complexity index is 377. The average molecular weight is 241 g/mol. The van der Waals surface area contributed by atoms with E-state index < -0.39 is 35.5 Å². The normalized spacial score (nSPS) is 14.2. The maximum absolute atomic E-state index is 12.3. The summed E-state index contributed by atoms with van der Waals surface area (Å²) in [5, 5.41) is 9.14. The number of alkyl halides is 5. The van der Waals surface area contributed by atoms with Gasteiger partial charge >= 0.3 is 6.18 Å². The van der Waals surface area contributed by atoms with Gasteiger partial charge in [0.05, 0.1) is 11.6 Å². The topological polar surface area (TPSA) is 46.2 Å². The van der Waals surface area contributed by atoms with Crippen molar-refractivity contribution >= 4 is 0 Å². The minimum absolute atomic E-state index is 0.423. The number of benzene rings is 1. The number of hydrogen-bond acceptors (Lipinski definition) is 2. The monoisotopic (exact) mass is 241 g/mol. The first-order valence-electron chi connectivity index (χ1n) is 4.17. The molecular weight excluding hydrogens is 233 g/mol. The van der Waals surface area contributed by atoms with Gasteiger partial charge in [-0.2, -0.15) is 13.2 Å². The highest BCUT2D eigenvalue weighted by Gasteiger charge is 2.32. The molecule has 7 heteroatoms. The molecule has 0 radical (unpaired) electrons. The number of rotatable bonds is 2. The average Bonchev–Trinajstić information content (AvgIpc) is 2.15. The molecule has 1 atom stereocenters. The highest BCUT2D eigenvalue weighted by atomic mass is 19.4. The molecule has 0 unspecified atom stereocenters. The van der Waals surface area contributed by atoms with Gasteiger partial charge in [0.2, 0.25) is 0 Å². The van der Waals surface area contributed by atoms with Crippen LogP contribution in [0.3, 0.4) is 0 Å². The van der Waals surface area contributed by atoms with Crippen LogP contribution in [0.2, 0.25) is 0 Å². The molecule has 0 saturated heterocycles. The number of aromatic hydroxyl groups is 1. The zero-order valence-corrected chi connectivity index (χ0v) is 7.80. The van der Waals surface area contributed by atoms with Crippen LogP contribution < -0.4 is 5.73 Å². The zero-order valence-electron chi connectivity index (χ0n) is 7.80. The van der Waals surface area contributed by atoms with Crippen molar-refractivity contribution in [1.82, 2.24) is 0 Å². The second-order valence-electron chi connectivity index (χ2n) is 3.13. The minimum Gasteiger partial charge on any atom is -0.508 e. The summed E-state index contributed by atoms with van der Waals surface area (Å²) in [6.45, 7) is 0. The van der Waals surface area contributed by atoms with Crippen molar-refractivity contribution in [3.8, 4) is 5.75 Å². The summed E-state index contributed by atoms with van der Waals surface area (Å²) >= 11 is 0. The molecule has 0 bridgehead atoms. The van der Waals surface area contributed by atoms with Crippen molar-refractivity contribution in [1.29, 1.82) is 0 Å². The van der Waals surface area contributed by atoms with Gasteiger partial charge < -0.3 is 10.8 Å². The molecule has 3 N–H and O–H groups in total. The van der Waals surface area contributed by atoms with E-state index in [-0.39, 0.29) is 0 Å². The lowest BCUT2D eigenvalue weighted by molar-refractivity contribution is -0.137. The van der Waals surface area contributed by atoms with Crippen LogP contribution in [-0.2, 0) is 6.18 Å². The summed E-state index contributed by atoms with van der Waals surface area (Å²) in [7, 11) is 0. The van der Waals surface area contributed by atoms with Crippen molar-refractivity contribution < 1.29 is 27.1 Å². The maximum Gasteiger partial charge on any atom is 0.416 e. The molecule has 0 aliphatic heterocycles. The zero-order chi connectivity index (χ0) is 12.5. The molecule has 0 spiro atoms. The molecule has 0 aromatic heterocycles. The van der Waals surface area contributed by atoms with Gasteiger partial charge in [0.25, 0.3) is 6.43 Å². The highest BCUT2D eigenvalue weighted by Crippen LogP contribution is 2.35. The Morgan fingerprint density at radius 1 is 1.19 bits per heavy atom. The van der Waals surface area contributed by atoms with Crippen molar-refractivity contribution in [2.75, 3.05) is 0 Å². The summed E-state index contributed by atoms with van der Waals surface area (Å²) in [5.74, 6) is -0.680. The van der Waals surface area contributed by atoms with Crippen molar-refractivity contribution in [2.45, 2.75) is 18.6 Å². The van der Waals surface area contributed by atoms with Crippen LogP contribution >= 0.6 is 0 Å². The minimum atomic E-state index is -4.66. The lowest BCUT2D eigenvalue weighted by Crippen LogP contribution is -2.20. The molecule has 16 heavy (non-hydrogen) atoms. The van der Waals surface area contributed by atoms with Crippen LogP contribution in [0, 0.1) is 0 Å². The third-order valence-corrected chi connectivity index (χ3v) is 1.99. The Morgan fingerprint density at radius 3 is 2.19 bits per heavy atom. The summed E-state index contributed by atoms with van der Waals surface area (Å²) < 4.78 is 61.2. The molecule has 1 aromatic carbocycles. The van der Waals surface area contributed by atoms with Crippen LogP contribution in [0.1, 0.15) is 17.2 Å². The Labute approximate surface area is 87.5 Å². The molecule has 0 saturated carbocycles. The second kappa shape index (κ2) is 4.25. The van der Waals surface area contributed by atoms with Crippen LogP contribution in [0.25, 0.3) is 0 Å². The van der Waals surface area contributed by atoms with E-state index in [0.29, 0.717) is 18.2 Å². The second-order valence-corrected chi connectivity index (χ2v) is 3.13. The molecule has 0 amide bonds. The predicted molar refractivity (Wildman–Crippen MR) is 46.0 cm³/mol. The molecule has 0 heterocycles. The van der Waals surface area contributed by atoms with E-state index in [0.717, 1.165) is 0 Å². The predicted octanol–water partition coefficient (Wildman–Crippen LogP) is 2.68. The van der Waals surface area contributed by atoms with E-state index in [1.165, 1.54) is 0 Å². The first-order valence-corrected chi connectivity index (χ1v) is 4.17. The van der Waals surface area contributed by atoms with Gasteiger partial charge in [-0.3, -0.25) is 0 Å². The summed E-state index contributed by atoms with van der Waals surface area (Å²) in [6, 6.07) is -0.230. The van der Waals surface area contributed by atoms with E-state index in [9.17, 15) is 22.0 Å². The molecule has 0 aliphatic rings. The summed E-state index contributed by atoms with van der Waals surface area (Å²) in [6.07, 6.45) is -7.71. The third-order valence-electron chi connectivity index (χ3n) is 1.99. The van der Waals surface area contributed by atoms with E-state index >= 15 is 0 Å². The lowest BCUT2D eigenvalue weighted by Gasteiger charge is -2.15. The Kier molecular flexibility index (Phi) is 3.37. The first-order chi connectivity index (χ1) is 7.23. The molecule has 2 nitrogen and oxygen atoms in total. The maximum atomic E-state index is 12.3. The number of phenolic OH excluding ortho intramolecular Hbond substituents is 1. The van der Waals surface area contributed by atoms with E-state index in [1.54, 1.807) is 0 Å². The Balaban J connectivity index is 3.19. The van der Waals surface area contributed by atoms with Gasteiger partial charge in [0, 0.05) is 5.56 Å². The van der Waals surface area contributed by atoms with Gasteiger partial charge in [0.1, 0.15) is 5.75 Å². The quantitative estimate of drug-likeness (QED) is 0.782. The highest BCUT2D eigenvalue weighted by molar-refractivity contribution is 5.39. The van der Waals surface area contributed by atoms with Crippen molar-refractivity contribution in [3.05, 3.63) is 29.3 Å². The fourth-order valence-corrected chi connectivity index (χ4v) is 1.13. The molecule has 0 aliphatic carbocycles. The van der Waals surface area contributed by atoms with Crippen molar-refractivity contribution in [2.24, 2.45) is 5.73 Å². The van der Waals surface area contributed by atoms with E-state index in [2.05, 4.69) is 0 Å². The number of nitrogens with two attached hydrogens (primary N) is 1. The smallest absolute Gasteiger partial charge is 0.416 e. The van der Waals surface area contributed by atoms with Crippen LogP contribution in [0.15, 0.2) is 18.2 Å². The SMILES string of the molecule is N[C@H](c1cc(C(F)(F)F)ccc1O)C(F)F. The molecule has 1 rings (SSSR count). The largest absolute Gasteiger partial charge is 0.508 e. The van der Waals surface area contributed by atoms with Crippen LogP contribution in [-0.4, -0.2) is 11.5 Å². The van der Waals surface area contributed by atoms with Gasteiger partial charge in [-0.05, 0) is 18.2 Å². The molecule has 0 fully saturated rings. The van der Waals surface area contributed by atoms with Gasteiger partial charge in [-0.25, -0.2) is 8.78 Å². The van der Waals surface area contributed by atoms with Crippen LogP contribution in [0.4, 0.5) is 22.0 Å². The van der Waals surface area contributed by atoms with Gasteiger partial charge in [-0.15, -0.1) is 0 Å². The van der Waals surface area contributed by atoms with Gasteiger partial charge in [0.15, 0.2) is 0 Å². The fourth-order valence-electron chi connectivity index (χ4n) is 1.13. The van der Waals surface area contributed by atoms with Gasteiger partial charge in [-0.1, -0.05) is 0 Å². The fraction of sp³-hybridized carbons (Fsp3) is 0.333. The third kappa shape index (κ3) is 2.60. The number of hydrogen-bond donors (Lipinski definition) is 2. The van der Waals surface area contributed by atoms with E-state index in [4.69, 9.17) is 10.8 Å². The van der Waals surface area contributed by atoms with E-state index in [1.807, 2.05) is 0 Å². The van der Waals surface area contributed by atoms with Crippen LogP contribution in [0.5, 0.6) is 5.75 Å². The Morgan fingerprint density at radius 2 is 1.75 bits per heavy atom. The Hall–Kier alpha value is -1.37. The number of halogens is 5.